The van der Waals surface area contributed by atoms with E-state index in [1.165, 1.54) is 13.4 Å². The van der Waals surface area contributed by atoms with Gasteiger partial charge in [0, 0.05) is 31.6 Å². The highest BCUT2D eigenvalue weighted by molar-refractivity contribution is 6.06. The summed E-state index contributed by atoms with van der Waals surface area (Å²) in [6, 6.07) is 15.5. The average molecular weight is 499 g/mol. The lowest BCUT2D eigenvalue weighted by Crippen LogP contribution is -2.14. The van der Waals surface area contributed by atoms with E-state index in [1.807, 2.05) is 42.5 Å². The van der Waals surface area contributed by atoms with Crippen LogP contribution in [0.1, 0.15) is 15.9 Å². The van der Waals surface area contributed by atoms with Gasteiger partial charge >= 0.3 is 0 Å². The van der Waals surface area contributed by atoms with Crippen molar-refractivity contribution in [2.45, 2.75) is 6.54 Å². The zero-order valence-corrected chi connectivity index (χ0v) is 20.5. The lowest BCUT2D eigenvalue weighted by Gasteiger charge is -2.10. The Balaban J connectivity index is 1.39. The number of aromatic nitrogens is 6. The Labute approximate surface area is 213 Å². The first kappa shape index (κ1) is 23.9. The molecule has 37 heavy (non-hydrogen) atoms. The Morgan fingerprint density at radius 1 is 1.03 bits per heavy atom. The van der Waals surface area contributed by atoms with Gasteiger partial charge in [0.05, 0.1) is 37.8 Å². The van der Waals surface area contributed by atoms with Crippen molar-refractivity contribution in [2.24, 2.45) is 0 Å². The fourth-order valence-electron chi connectivity index (χ4n) is 3.96. The normalized spacial score (nSPS) is 11.0. The highest BCUT2D eigenvalue weighted by Crippen LogP contribution is 2.28. The summed E-state index contributed by atoms with van der Waals surface area (Å²) < 4.78 is 14.0. The van der Waals surface area contributed by atoms with E-state index < -0.39 is 0 Å². The second-order valence-corrected chi connectivity index (χ2v) is 8.19. The Bertz CT molecular complexity index is 1510. The number of methoxy groups -OCH3 is 2. The minimum atomic E-state index is -0.358. The molecule has 0 radical (unpaired) electrons. The summed E-state index contributed by atoms with van der Waals surface area (Å²) in [4.78, 5) is 21.9. The molecule has 4 aromatic heterocycles. The second-order valence-electron chi connectivity index (χ2n) is 8.19. The lowest BCUT2D eigenvalue weighted by molar-refractivity contribution is 0.102. The van der Waals surface area contributed by atoms with Crippen LogP contribution < -0.4 is 15.4 Å². The number of rotatable bonds is 10. The largest absolute Gasteiger partial charge is 0.480 e. The van der Waals surface area contributed by atoms with Crippen LogP contribution in [0.15, 0.2) is 73.4 Å². The third-order valence-electron chi connectivity index (χ3n) is 5.71. The van der Waals surface area contributed by atoms with E-state index in [0.29, 0.717) is 42.3 Å². The molecular weight excluding hydrogens is 472 g/mol. The number of hydrogen-bond acceptors (Lipinski definition) is 8. The zero-order chi connectivity index (χ0) is 25.6. The van der Waals surface area contributed by atoms with Gasteiger partial charge in [-0.25, -0.2) is 14.5 Å². The van der Waals surface area contributed by atoms with Crippen molar-refractivity contribution in [1.82, 2.24) is 29.4 Å². The summed E-state index contributed by atoms with van der Waals surface area (Å²) in [6.45, 7) is 1.76. The monoisotopic (exact) mass is 498 g/mol. The molecule has 0 saturated heterocycles. The number of pyridine rings is 1. The maximum atomic E-state index is 13.2. The average Bonchev–Trinajstić information content (AvgIpc) is 3.56. The molecule has 0 aliphatic carbocycles. The Morgan fingerprint density at radius 2 is 1.89 bits per heavy atom. The van der Waals surface area contributed by atoms with Crippen LogP contribution in [0.2, 0.25) is 0 Å². The topological polar surface area (TPSA) is 120 Å². The van der Waals surface area contributed by atoms with Crippen molar-refractivity contribution in [2.75, 3.05) is 38.0 Å². The van der Waals surface area contributed by atoms with Crippen molar-refractivity contribution in [3.8, 4) is 17.1 Å². The van der Waals surface area contributed by atoms with Crippen molar-refractivity contribution < 1.29 is 14.3 Å². The highest BCUT2D eigenvalue weighted by atomic mass is 16.5. The fraction of sp³-hybridized carbons (Fsp3) is 0.192. The van der Waals surface area contributed by atoms with Gasteiger partial charge in [-0.2, -0.15) is 10.2 Å². The molecule has 4 heterocycles. The number of benzene rings is 1. The number of fused-ring (bicyclic) bond motifs is 1. The van der Waals surface area contributed by atoms with Crippen LogP contribution in [0, 0.1) is 0 Å². The second kappa shape index (κ2) is 10.9. The summed E-state index contributed by atoms with van der Waals surface area (Å²) in [5.74, 6) is 0.545. The van der Waals surface area contributed by atoms with Gasteiger partial charge in [0.1, 0.15) is 17.4 Å². The number of hydrogen-bond donors (Lipinski definition) is 2. The van der Waals surface area contributed by atoms with E-state index in [9.17, 15) is 4.79 Å². The van der Waals surface area contributed by atoms with Crippen LogP contribution in [0.5, 0.6) is 5.88 Å². The van der Waals surface area contributed by atoms with Crippen LogP contribution in [0.4, 0.5) is 11.5 Å². The van der Waals surface area contributed by atoms with Crippen LogP contribution in [-0.4, -0.2) is 62.6 Å². The molecule has 0 spiro atoms. The van der Waals surface area contributed by atoms with Crippen molar-refractivity contribution in [1.29, 1.82) is 0 Å². The van der Waals surface area contributed by atoms with Crippen LogP contribution >= 0.6 is 0 Å². The Hall–Kier alpha value is -4.77. The molecule has 0 saturated carbocycles. The maximum absolute atomic E-state index is 13.2. The van der Waals surface area contributed by atoms with Crippen LogP contribution in [0.25, 0.3) is 16.8 Å². The molecule has 0 fully saturated rings. The molecule has 1 amide bonds. The number of carbonyl (C=O) groups excluding carboxylic acids is 1. The first-order valence-electron chi connectivity index (χ1n) is 11.6. The molecule has 1 aromatic carbocycles. The molecule has 11 heteroatoms. The summed E-state index contributed by atoms with van der Waals surface area (Å²) in [6.07, 6.45) is 6.52. The highest BCUT2D eigenvalue weighted by Gasteiger charge is 2.18. The van der Waals surface area contributed by atoms with E-state index in [2.05, 4.69) is 30.8 Å². The SMILES string of the molecule is COCCNc1ncnn2c(-c3cnc(OC)c(C(=O)Nc4cnn(Cc5ccccc5)c4)c3)ccc12. The third-order valence-corrected chi connectivity index (χ3v) is 5.71. The molecule has 2 N–H and O–H groups in total. The van der Waals surface area contributed by atoms with Gasteiger partial charge in [0.25, 0.3) is 5.91 Å². The molecule has 5 aromatic rings. The first-order valence-corrected chi connectivity index (χ1v) is 11.6. The minimum absolute atomic E-state index is 0.218. The van der Waals surface area contributed by atoms with Crippen molar-refractivity contribution in [3.05, 3.63) is 84.6 Å². The number of nitrogens with one attached hydrogen (secondary N) is 2. The summed E-state index contributed by atoms with van der Waals surface area (Å²) in [5.41, 5.74) is 4.22. The minimum Gasteiger partial charge on any atom is -0.480 e. The van der Waals surface area contributed by atoms with E-state index >= 15 is 0 Å². The van der Waals surface area contributed by atoms with Gasteiger partial charge < -0.3 is 20.1 Å². The van der Waals surface area contributed by atoms with Gasteiger partial charge in [-0.3, -0.25) is 9.48 Å². The molecule has 0 aliphatic heterocycles. The standard InChI is InChI=1S/C26H26N8O3/c1-36-11-10-27-24-23-9-8-22(34(23)31-17-29-24)19-12-21(26(37-2)28-13-19)25(35)32-20-14-30-33(16-20)15-18-6-4-3-5-7-18/h3-9,12-14,16-17H,10-11,15H2,1-2H3,(H,32,35)(H,27,29,31). The first-order chi connectivity index (χ1) is 18.2. The molecule has 0 unspecified atom stereocenters. The number of carbonyl (C=O) groups is 1. The number of ether oxygens (including phenoxy) is 2. The van der Waals surface area contributed by atoms with E-state index in [1.54, 1.807) is 41.0 Å². The predicted molar refractivity (Wildman–Crippen MR) is 139 cm³/mol. The van der Waals surface area contributed by atoms with Crippen LogP contribution in [0.3, 0.4) is 0 Å². The molecule has 11 nitrogen and oxygen atoms in total. The summed E-state index contributed by atoms with van der Waals surface area (Å²) in [7, 11) is 3.13. The number of nitrogens with zero attached hydrogens (tertiary/aromatic N) is 6. The van der Waals surface area contributed by atoms with Crippen LogP contribution in [-0.2, 0) is 11.3 Å². The molecule has 5 rings (SSSR count). The fourth-order valence-corrected chi connectivity index (χ4v) is 3.96. The van der Waals surface area contributed by atoms with E-state index in [-0.39, 0.29) is 11.8 Å². The molecular formula is C26H26N8O3. The maximum Gasteiger partial charge on any atom is 0.261 e. The van der Waals surface area contributed by atoms with Crippen molar-refractivity contribution in [3.63, 3.8) is 0 Å². The summed E-state index contributed by atoms with van der Waals surface area (Å²) >= 11 is 0. The van der Waals surface area contributed by atoms with Gasteiger partial charge in [-0.1, -0.05) is 30.3 Å². The van der Waals surface area contributed by atoms with E-state index in [4.69, 9.17) is 9.47 Å². The smallest absolute Gasteiger partial charge is 0.261 e. The predicted octanol–water partition coefficient (Wildman–Crippen LogP) is 3.36. The zero-order valence-electron chi connectivity index (χ0n) is 20.5. The molecule has 0 bridgehead atoms. The van der Waals surface area contributed by atoms with Gasteiger partial charge in [0.2, 0.25) is 5.88 Å². The molecule has 0 atom stereocenters. The van der Waals surface area contributed by atoms with Gasteiger partial charge in [-0.05, 0) is 23.8 Å². The Morgan fingerprint density at radius 3 is 2.70 bits per heavy atom. The third kappa shape index (κ3) is 5.26. The van der Waals surface area contributed by atoms with E-state index in [0.717, 1.165) is 16.8 Å². The lowest BCUT2D eigenvalue weighted by atomic mass is 10.1. The number of anilines is 2. The number of amides is 1. The molecule has 0 aliphatic rings. The Kier molecular flexibility index (Phi) is 7.04. The summed E-state index contributed by atoms with van der Waals surface area (Å²) in [5, 5.41) is 14.9. The van der Waals surface area contributed by atoms with Gasteiger partial charge in [-0.15, -0.1) is 0 Å². The van der Waals surface area contributed by atoms with Crippen molar-refractivity contribution >= 4 is 22.9 Å². The quantitative estimate of drug-likeness (QED) is 0.281. The van der Waals surface area contributed by atoms with Gasteiger partial charge in [0.15, 0.2) is 5.82 Å². The molecule has 188 valence electrons.